The second-order valence-corrected chi connectivity index (χ2v) is 6.40. The van der Waals surface area contributed by atoms with Crippen LogP contribution in [0.25, 0.3) is 0 Å². The van der Waals surface area contributed by atoms with Crippen LogP contribution >= 0.6 is 0 Å². The minimum absolute atomic E-state index is 0.0676. The smallest absolute Gasteiger partial charge is 0.340 e. The van der Waals surface area contributed by atoms with Crippen molar-refractivity contribution in [2.75, 3.05) is 20.2 Å². The number of rotatable bonds is 8. The Morgan fingerprint density at radius 3 is 2.55 bits per heavy atom. The van der Waals surface area contributed by atoms with Crippen LogP contribution in [0.3, 0.4) is 0 Å². The third-order valence-corrected chi connectivity index (χ3v) is 4.70. The van der Waals surface area contributed by atoms with Gasteiger partial charge in [-0.3, -0.25) is 5.10 Å². The van der Waals surface area contributed by atoms with Gasteiger partial charge < -0.3 is 10.2 Å². The van der Waals surface area contributed by atoms with Crippen LogP contribution in [-0.4, -0.2) is 59.3 Å². The van der Waals surface area contributed by atoms with Gasteiger partial charge in [0.1, 0.15) is 5.56 Å². The quantitative estimate of drug-likeness (QED) is 0.589. The predicted octanol–water partition coefficient (Wildman–Crippen LogP) is 0.199. The second-order valence-electron chi connectivity index (χ2n) is 4.44. The number of H-pyrrole nitrogens is 1. The van der Waals surface area contributed by atoms with Crippen LogP contribution in [-0.2, 0) is 10.0 Å². The van der Waals surface area contributed by atoms with Crippen LogP contribution in [0.2, 0.25) is 0 Å². The number of hydrogen-bond donors (Lipinski definition) is 3. The first kappa shape index (κ1) is 16.6. The molecular formula is C11H19N3O5S. The summed E-state index contributed by atoms with van der Waals surface area (Å²) in [6, 6.07) is 0. The van der Waals surface area contributed by atoms with Crippen LogP contribution < -0.4 is 0 Å². The number of aliphatic hydroxyl groups is 1. The molecule has 1 rings (SSSR count). The lowest BCUT2D eigenvalue weighted by atomic mass is 10.2. The van der Waals surface area contributed by atoms with Gasteiger partial charge in [-0.05, 0) is 26.2 Å². The predicted molar refractivity (Wildman–Crippen MR) is 71.0 cm³/mol. The number of aliphatic hydroxyl groups excluding tert-OH is 1. The number of sulfonamides is 1. The number of nitrogens with one attached hydrogen (secondary N) is 1. The zero-order valence-electron chi connectivity index (χ0n) is 11.5. The minimum atomic E-state index is -3.93. The van der Waals surface area contributed by atoms with Crippen molar-refractivity contribution < 1.29 is 23.4 Å². The molecule has 8 nitrogen and oxygen atoms in total. The lowest BCUT2D eigenvalue weighted by molar-refractivity contribution is 0.0691. The molecule has 0 aromatic carbocycles. The van der Waals surface area contributed by atoms with E-state index in [4.69, 9.17) is 10.2 Å². The molecule has 9 heteroatoms. The van der Waals surface area contributed by atoms with Gasteiger partial charge in [-0.2, -0.15) is 9.40 Å². The van der Waals surface area contributed by atoms with E-state index in [-0.39, 0.29) is 24.4 Å². The molecule has 1 aromatic rings. The summed E-state index contributed by atoms with van der Waals surface area (Å²) in [4.78, 5) is 11.1. The fraction of sp³-hybridized carbons (Fsp3) is 0.636. The molecule has 1 aromatic heterocycles. The van der Waals surface area contributed by atoms with E-state index < -0.39 is 21.0 Å². The number of carboxylic acids is 1. The Labute approximate surface area is 117 Å². The van der Waals surface area contributed by atoms with Gasteiger partial charge in [0.2, 0.25) is 5.03 Å². The maximum absolute atomic E-state index is 12.3. The van der Waals surface area contributed by atoms with E-state index in [2.05, 4.69) is 10.2 Å². The van der Waals surface area contributed by atoms with E-state index in [1.165, 1.54) is 14.0 Å². The largest absolute Gasteiger partial charge is 0.478 e. The Balaban J connectivity index is 2.91. The molecule has 0 radical (unpaired) electrons. The summed E-state index contributed by atoms with van der Waals surface area (Å²) < 4.78 is 25.6. The van der Waals surface area contributed by atoms with Crippen molar-refractivity contribution in [1.29, 1.82) is 0 Å². The zero-order chi connectivity index (χ0) is 15.3. The van der Waals surface area contributed by atoms with Gasteiger partial charge in [0.25, 0.3) is 10.0 Å². The summed E-state index contributed by atoms with van der Waals surface area (Å²) in [6.07, 6.45) is 1.89. The second kappa shape index (κ2) is 6.82. The Bertz CT molecular complexity index is 567. The van der Waals surface area contributed by atoms with Crippen LogP contribution in [0.15, 0.2) is 5.03 Å². The summed E-state index contributed by atoms with van der Waals surface area (Å²) in [5.41, 5.74) is -0.128. The fourth-order valence-electron chi connectivity index (χ4n) is 1.74. The third kappa shape index (κ3) is 3.56. The number of carbonyl (C=O) groups is 1. The molecule has 0 aliphatic heterocycles. The number of hydrogen-bond acceptors (Lipinski definition) is 5. The van der Waals surface area contributed by atoms with Gasteiger partial charge in [-0.1, -0.05) is 0 Å². The molecule has 3 N–H and O–H groups in total. The van der Waals surface area contributed by atoms with Crippen LogP contribution in [0.5, 0.6) is 0 Å². The summed E-state index contributed by atoms with van der Waals surface area (Å²) >= 11 is 0. The summed E-state index contributed by atoms with van der Waals surface area (Å²) in [6.45, 7) is 1.77. The molecule has 0 unspecified atom stereocenters. The number of nitrogens with zero attached hydrogens (tertiary/aromatic N) is 2. The Morgan fingerprint density at radius 1 is 1.35 bits per heavy atom. The monoisotopic (exact) mass is 305 g/mol. The number of carboxylic acid groups (broad SMARTS) is 1. The van der Waals surface area contributed by atoms with Crippen LogP contribution in [0.1, 0.15) is 35.3 Å². The van der Waals surface area contributed by atoms with E-state index in [9.17, 15) is 13.2 Å². The van der Waals surface area contributed by atoms with Crippen molar-refractivity contribution in [1.82, 2.24) is 14.5 Å². The van der Waals surface area contributed by atoms with E-state index in [1.54, 1.807) is 0 Å². The van der Waals surface area contributed by atoms with Gasteiger partial charge in [0.05, 0.1) is 0 Å². The van der Waals surface area contributed by atoms with Gasteiger partial charge in [0.15, 0.2) is 0 Å². The highest BCUT2D eigenvalue weighted by molar-refractivity contribution is 7.89. The number of aromatic nitrogens is 2. The molecule has 0 saturated carbocycles. The zero-order valence-corrected chi connectivity index (χ0v) is 12.3. The molecule has 0 amide bonds. The fourth-order valence-corrected chi connectivity index (χ4v) is 3.06. The number of aromatic amines is 1. The van der Waals surface area contributed by atoms with Crippen molar-refractivity contribution in [3.63, 3.8) is 0 Å². The molecule has 114 valence electrons. The topological polar surface area (TPSA) is 124 Å². The molecule has 0 aliphatic rings. The molecule has 0 bridgehead atoms. The molecule has 0 spiro atoms. The summed E-state index contributed by atoms with van der Waals surface area (Å²) in [5, 5.41) is 23.2. The van der Waals surface area contributed by atoms with Gasteiger partial charge in [-0.25, -0.2) is 13.2 Å². The highest BCUT2D eigenvalue weighted by Gasteiger charge is 2.31. The lowest BCUT2D eigenvalue weighted by Gasteiger charge is -2.15. The molecule has 0 saturated heterocycles. The van der Waals surface area contributed by atoms with Gasteiger partial charge in [-0.15, -0.1) is 0 Å². The number of aromatic carboxylic acids is 1. The van der Waals surface area contributed by atoms with Gasteiger partial charge >= 0.3 is 5.97 Å². The molecule has 0 atom stereocenters. The SMILES string of the molecule is Cc1[nH]nc(S(=O)(=O)N(C)CCCCCO)c1C(=O)O. The minimum Gasteiger partial charge on any atom is -0.478 e. The normalized spacial score (nSPS) is 12.0. The average Bonchev–Trinajstić information content (AvgIpc) is 2.77. The molecular weight excluding hydrogens is 286 g/mol. The third-order valence-electron chi connectivity index (χ3n) is 2.91. The van der Waals surface area contributed by atoms with Crippen molar-refractivity contribution >= 4 is 16.0 Å². The standard InChI is InChI=1S/C11H19N3O5S/c1-8-9(11(16)17)10(13-12-8)20(18,19)14(2)6-4-3-5-7-15/h15H,3-7H2,1-2H3,(H,12,13)(H,16,17). The molecule has 0 fully saturated rings. The Hall–Kier alpha value is -1.45. The van der Waals surface area contributed by atoms with Crippen molar-refractivity contribution in [2.24, 2.45) is 0 Å². The maximum Gasteiger partial charge on any atom is 0.340 e. The summed E-state index contributed by atoms with van der Waals surface area (Å²) in [7, 11) is -2.55. The molecule has 20 heavy (non-hydrogen) atoms. The van der Waals surface area contributed by atoms with Gasteiger partial charge in [0, 0.05) is 25.9 Å². The van der Waals surface area contributed by atoms with Crippen molar-refractivity contribution in [3.8, 4) is 0 Å². The highest BCUT2D eigenvalue weighted by atomic mass is 32.2. The van der Waals surface area contributed by atoms with Crippen molar-refractivity contribution in [3.05, 3.63) is 11.3 Å². The summed E-state index contributed by atoms with van der Waals surface area (Å²) in [5.74, 6) is -1.33. The van der Waals surface area contributed by atoms with E-state index in [1.807, 2.05) is 0 Å². The number of aryl methyl sites for hydroxylation is 1. The average molecular weight is 305 g/mol. The maximum atomic E-state index is 12.3. The van der Waals surface area contributed by atoms with Crippen molar-refractivity contribution in [2.45, 2.75) is 31.2 Å². The Kier molecular flexibility index (Phi) is 5.66. The molecule has 0 aliphatic carbocycles. The molecule has 1 heterocycles. The lowest BCUT2D eigenvalue weighted by Crippen LogP contribution is -2.29. The first-order chi connectivity index (χ1) is 9.32. The van der Waals surface area contributed by atoms with E-state index >= 15 is 0 Å². The number of unbranched alkanes of at least 4 members (excludes halogenated alkanes) is 2. The highest BCUT2D eigenvalue weighted by Crippen LogP contribution is 2.19. The first-order valence-electron chi connectivity index (χ1n) is 6.17. The van der Waals surface area contributed by atoms with Crippen LogP contribution in [0.4, 0.5) is 0 Å². The van der Waals surface area contributed by atoms with E-state index in [0.29, 0.717) is 19.3 Å². The first-order valence-corrected chi connectivity index (χ1v) is 7.61. The Morgan fingerprint density at radius 2 is 2.00 bits per heavy atom. The van der Waals surface area contributed by atoms with Crippen LogP contribution in [0, 0.1) is 6.92 Å². The van der Waals surface area contributed by atoms with E-state index in [0.717, 1.165) is 4.31 Å².